The molecule has 0 spiro atoms. The first-order chi connectivity index (χ1) is 10.5. The molecule has 0 amide bonds. The molecule has 1 N–H and O–H groups in total. The number of carbonyl (C=O) groups is 2. The monoisotopic (exact) mass is 301 g/mol. The first-order valence-corrected chi connectivity index (χ1v) is 7.09. The lowest BCUT2D eigenvalue weighted by Gasteiger charge is -2.22. The summed E-state index contributed by atoms with van der Waals surface area (Å²) in [6, 6.07) is 6.20. The first-order valence-electron chi connectivity index (χ1n) is 7.09. The fraction of sp³-hybridized carbons (Fsp3) is 0.294. The third kappa shape index (κ3) is 2.32. The number of aromatic nitrogens is 1. The zero-order valence-corrected chi connectivity index (χ0v) is 12.4. The van der Waals surface area contributed by atoms with Crippen molar-refractivity contribution in [3.8, 4) is 0 Å². The number of halogens is 1. The predicted molar refractivity (Wildman–Crippen MR) is 78.7 cm³/mol. The lowest BCUT2D eigenvalue weighted by Crippen LogP contribution is -2.18. The predicted octanol–water partition coefficient (Wildman–Crippen LogP) is 3.16. The number of esters is 1. The van der Waals surface area contributed by atoms with Crippen LogP contribution in [0.4, 0.5) is 4.39 Å². The van der Waals surface area contributed by atoms with Crippen molar-refractivity contribution < 1.29 is 18.7 Å². The number of hydrogen-bond donors (Lipinski definition) is 1. The first kappa shape index (κ1) is 14.5. The Kier molecular flexibility index (Phi) is 3.56. The average molecular weight is 301 g/mol. The zero-order valence-electron chi connectivity index (χ0n) is 12.4. The third-order valence-corrected chi connectivity index (χ3v) is 4.22. The molecule has 0 fully saturated rings. The number of ketones is 1. The van der Waals surface area contributed by atoms with Crippen LogP contribution < -0.4 is 0 Å². The largest absolute Gasteiger partial charge is 0.464 e. The molecule has 3 rings (SSSR count). The van der Waals surface area contributed by atoms with Crippen molar-refractivity contribution in [3.63, 3.8) is 0 Å². The summed E-state index contributed by atoms with van der Waals surface area (Å²) >= 11 is 0. The van der Waals surface area contributed by atoms with E-state index in [1.54, 1.807) is 19.1 Å². The second kappa shape index (κ2) is 5.40. The molecule has 0 bridgehead atoms. The normalized spacial score (nSPS) is 17.2. The van der Waals surface area contributed by atoms with Crippen LogP contribution in [0.2, 0.25) is 0 Å². The molecule has 1 heterocycles. The Morgan fingerprint density at radius 3 is 2.59 bits per heavy atom. The maximum absolute atomic E-state index is 13.0. The van der Waals surface area contributed by atoms with Crippen LogP contribution in [0.1, 0.15) is 50.0 Å². The summed E-state index contributed by atoms with van der Waals surface area (Å²) in [7, 11) is 1.31. The third-order valence-electron chi connectivity index (χ3n) is 4.22. The minimum atomic E-state index is -0.474. The maximum Gasteiger partial charge on any atom is 0.354 e. The van der Waals surface area contributed by atoms with Crippen LogP contribution in [0.25, 0.3) is 0 Å². The van der Waals surface area contributed by atoms with Crippen LogP contribution in [-0.2, 0) is 11.2 Å². The molecule has 1 aromatic heterocycles. The van der Waals surface area contributed by atoms with Crippen LogP contribution in [-0.4, -0.2) is 23.8 Å². The Morgan fingerprint density at radius 2 is 1.95 bits per heavy atom. The molecule has 0 saturated carbocycles. The number of H-pyrrole nitrogens is 1. The van der Waals surface area contributed by atoms with Gasteiger partial charge in [-0.3, -0.25) is 4.79 Å². The Bertz CT molecular complexity index is 746. The molecule has 22 heavy (non-hydrogen) atoms. The second-order valence-corrected chi connectivity index (χ2v) is 5.55. The van der Waals surface area contributed by atoms with Crippen molar-refractivity contribution in [2.24, 2.45) is 0 Å². The highest BCUT2D eigenvalue weighted by Gasteiger charge is 2.32. The van der Waals surface area contributed by atoms with Crippen LogP contribution in [0.15, 0.2) is 24.3 Å². The van der Waals surface area contributed by atoms with Gasteiger partial charge >= 0.3 is 5.97 Å². The molecule has 2 aromatic rings. The SMILES string of the molecule is COC(=O)c1[nH]c2c(c1C)C(=O)C[C@@H](c1ccc(F)cc1)C2. The smallest absolute Gasteiger partial charge is 0.354 e. The van der Waals surface area contributed by atoms with E-state index >= 15 is 0 Å². The highest BCUT2D eigenvalue weighted by Crippen LogP contribution is 2.35. The lowest BCUT2D eigenvalue weighted by atomic mass is 9.81. The highest BCUT2D eigenvalue weighted by molar-refractivity contribution is 6.03. The van der Waals surface area contributed by atoms with E-state index in [0.29, 0.717) is 29.7 Å². The molecular formula is C17H16FNO3. The summed E-state index contributed by atoms with van der Waals surface area (Å²) in [6.07, 6.45) is 0.975. The zero-order chi connectivity index (χ0) is 15.9. The molecule has 1 aliphatic rings. The van der Waals surface area contributed by atoms with Crippen LogP contribution >= 0.6 is 0 Å². The summed E-state index contributed by atoms with van der Waals surface area (Å²) in [5.41, 5.74) is 3.25. The highest BCUT2D eigenvalue weighted by atomic mass is 19.1. The number of fused-ring (bicyclic) bond motifs is 1. The van der Waals surface area contributed by atoms with Crippen molar-refractivity contribution in [3.05, 3.63) is 58.2 Å². The number of rotatable bonds is 2. The van der Waals surface area contributed by atoms with Gasteiger partial charge in [0.2, 0.25) is 0 Å². The molecule has 4 nitrogen and oxygen atoms in total. The van der Waals surface area contributed by atoms with Gasteiger partial charge in [-0.1, -0.05) is 12.1 Å². The van der Waals surface area contributed by atoms with Gasteiger partial charge < -0.3 is 9.72 Å². The summed E-state index contributed by atoms with van der Waals surface area (Å²) in [5, 5.41) is 0. The molecule has 0 aliphatic heterocycles. The number of nitrogens with one attached hydrogen (secondary N) is 1. The molecule has 0 radical (unpaired) electrons. The minimum Gasteiger partial charge on any atom is -0.464 e. The van der Waals surface area contributed by atoms with E-state index in [9.17, 15) is 14.0 Å². The van der Waals surface area contributed by atoms with Crippen LogP contribution in [0, 0.1) is 12.7 Å². The molecule has 1 aliphatic carbocycles. The van der Waals surface area contributed by atoms with Gasteiger partial charge in [-0.15, -0.1) is 0 Å². The summed E-state index contributed by atoms with van der Waals surface area (Å²) in [4.78, 5) is 27.2. The summed E-state index contributed by atoms with van der Waals surface area (Å²) in [6.45, 7) is 1.75. The molecular weight excluding hydrogens is 285 g/mol. The Morgan fingerprint density at radius 1 is 1.27 bits per heavy atom. The van der Waals surface area contributed by atoms with E-state index in [2.05, 4.69) is 4.98 Å². The molecule has 114 valence electrons. The van der Waals surface area contributed by atoms with E-state index < -0.39 is 5.97 Å². The molecule has 0 unspecified atom stereocenters. The number of methoxy groups -OCH3 is 1. The van der Waals surface area contributed by atoms with E-state index in [4.69, 9.17) is 4.74 Å². The maximum atomic E-state index is 13.0. The summed E-state index contributed by atoms with van der Waals surface area (Å²) in [5.74, 6) is -0.781. The van der Waals surface area contributed by atoms with E-state index in [1.807, 2.05) is 0 Å². The molecule has 0 saturated heterocycles. The van der Waals surface area contributed by atoms with Gasteiger partial charge in [-0.25, -0.2) is 9.18 Å². The number of benzene rings is 1. The molecule has 1 aromatic carbocycles. The summed E-state index contributed by atoms with van der Waals surface area (Å²) < 4.78 is 17.8. The van der Waals surface area contributed by atoms with Gasteiger partial charge in [0.1, 0.15) is 11.5 Å². The van der Waals surface area contributed by atoms with E-state index in [0.717, 1.165) is 11.3 Å². The molecule has 1 atom stereocenters. The Hall–Kier alpha value is -2.43. The van der Waals surface area contributed by atoms with Crippen molar-refractivity contribution in [1.82, 2.24) is 4.98 Å². The van der Waals surface area contributed by atoms with Crippen molar-refractivity contribution >= 4 is 11.8 Å². The second-order valence-electron chi connectivity index (χ2n) is 5.55. The van der Waals surface area contributed by atoms with Crippen molar-refractivity contribution in [2.75, 3.05) is 7.11 Å². The van der Waals surface area contributed by atoms with E-state index in [-0.39, 0.29) is 17.5 Å². The van der Waals surface area contributed by atoms with Crippen LogP contribution in [0.5, 0.6) is 0 Å². The number of Topliss-reactive ketones (excluding diaryl/α,β-unsaturated/α-hetero) is 1. The average Bonchev–Trinajstić information content (AvgIpc) is 2.84. The van der Waals surface area contributed by atoms with Gasteiger partial charge in [0.15, 0.2) is 5.78 Å². The van der Waals surface area contributed by atoms with Crippen molar-refractivity contribution in [2.45, 2.75) is 25.7 Å². The van der Waals surface area contributed by atoms with Gasteiger partial charge in [0.05, 0.1) is 7.11 Å². The van der Waals surface area contributed by atoms with Crippen molar-refractivity contribution in [1.29, 1.82) is 0 Å². The number of ether oxygens (including phenoxy) is 1. The number of carbonyl (C=O) groups excluding carboxylic acids is 2. The van der Waals surface area contributed by atoms with Gasteiger partial charge in [-0.2, -0.15) is 0 Å². The fourth-order valence-electron chi connectivity index (χ4n) is 3.11. The number of aromatic amines is 1. The Labute approximate surface area is 127 Å². The fourth-order valence-corrected chi connectivity index (χ4v) is 3.11. The van der Waals surface area contributed by atoms with Gasteiger partial charge in [0, 0.05) is 17.7 Å². The molecule has 5 heteroatoms. The quantitative estimate of drug-likeness (QED) is 0.867. The van der Waals surface area contributed by atoms with Gasteiger partial charge in [-0.05, 0) is 42.5 Å². The lowest BCUT2D eigenvalue weighted by molar-refractivity contribution is 0.0593. The van der Waals surface area contributed by atoms with Crippen LogP contribution in [0.3, 0.4) is 0 Å². The Balaban J connectivity index is 1.97. The number of hydrogen-bond acceptors (Lipinski definition) is 3. The minimum absolute atomic E-state index is 0.000483. The van der Waals surface area contributed by atoms with E-state index in [1.165, 1.54) is 19.2 Å². The topological polar surface area (TPSA) is 59.2 Å². The standard InChI is InChI=1S/C17H16FNO3/c1-9-15-13(19-16(9)17(21)22-2)7-11(8-14(15)20)10-3-5-12(18)6-4-10/h3-6,11,19H,7-8H2,1-2H3/t11-/m0/s1. The van der Waals surface area contributed by atoms with Gasteiger partial charge in [0.25, 0.3) is 0 Å².